The zero-order chi connectivity index (χ0) is 94.7. The highest BCUT2D eigenvalue weighted by Crippen LogP contribution is 2.54. The summed E-state index contributed by atoms with van der Waals surface area (Å²) in [4.78, 5) is 105. The fourth-order valence-electron chi connectivity index (χ4n) is 17.2. The van der Waals surface area contributed by atoms with E-state index in [0.717, 1.165) is 212 Å². The van der Waals surface area contributed by atoms with Gasteiger partial charge < -0.3 is 48.2 Å². The van der Waals surface area contributed by atoms with E-state index in [1.165, 1.54) is 57.8 Å². The molecule has 9 atom stereocenters. The fraction of sp³-hybridized carbons (Fsp3) is 0.769. The SMILES string of the molecule is CCCCCCCCCCC[C@H](CC(=O)N[C@H]1[C@H](OC[C@H](NC(=O)C[C@@H](CCCCCCCCCCC)OC(=O)CCCCCCCCC)C(=O)OCc2ccccc2)O[C@H](CO[Si](CC)(CC)CC)[C@@H](OP(=O)(OCc2ccccc2)OCc2ccccc2)[C@@H]1OC(=O)C[C@@H](CCCCCCCCCCC)OC(=O)CCCCCCCCC)OC(=O)CCCCCCCCC. The van der Waals surface area contributed by atoms with Gasteiger partial charge in [-0.15, -0.1) is 0 Å². The molecule has 0 radical (unpaired) electrons. The smallest absolute Gasteiger partial charge is 0.462 e. The van der Waals surface area contributed by atoms with E-state index in [9.17, 15) is 14.4 Å². The van der Waals surface area contributed by atoms with Gasteiger partial charge >= 0.3 is 37.7 Å². The monoisotopic (exact) mass is 1870 g/mol. The molecule has 1 fully saturated rings. The largest absolute Gasteiger partial charge is 0.475 e. The highest BCUT2D eigenvalue weighted by molar-refractivity contribution is 7.48. The van der Waals surface area contributed by atoms with Gasteiger partial charge in [-0.1, -0.05) is 423 Å². The molecule has 1 aliphatic rings. The molecule has 0 aromatic heterocycles. The molecule has 0 aliphatic carbocycles. The quantitative estimate of drug-likeness (QED) is 0.0175. The van der Waals surface area contributed by atoms with Crippen LogP contribution >= 0.6 is 7.82 Å². The second kappa shape index (κ2) is 77.2. The lowest BCUT2D eigenvalue weighted by atomic mass is 9.95. The molecule has 0 saturated carbocycles. The van der Waals surface area contributed by atoms with Gasteiger partial charge in [-0.25, -0.2) is 9.36 Å². The van der Waals surface area contributed by atoms with Gasteiger partial charge in [-0.3, -0.25) is 42.3 Å². The highest BCUT2D eigenvalue weighted by atomic mass is 31.2. The Labute approximate surface area is 795 Å². The van der Waals surface area contributed by atoms with E-state index in [-0.39, 0.29) is 58.5 Å². The van der Waals surface area contributed by atoms with E-state index in [1.807, 2.05) is 91.0 Å². The zero-order valence-corrected chi connectivity index (χ0v) is 85.4. The van der Waals surface area contributed by atoms with Gasteiger partial charge in [0.25, 0.3) is 0 Å². The van der Waals surface area contributed by atoms with Crippen molar-refractivity contribution in [2.75, 3.05) is 13.2 Å². The summed E-state index contributed by atoms with van der Waals surface area (Å²) >= 11 is 0. The van der Waals surface area contributed by atoms with E-state index in [2.05, 4.69) is 72.9 Å². The summed E-state index contributed by atoms with van der Waals surface area (Å²) in [5, 5.41) is 6.11. The van der Waals surface area contributed by atoms with Crippen molar-refractivity contribution in [3.63, 3.8) is 0 Å². The first-order valence-electron chi connectivity index (χ1n) is 53.0. The molecule has 131 heavy (non-hydrogen) atoms. The van der Waals surface area contributed by atoms with Gasteiger partial charge in [0.2, 0.25) is 11.8 Å². The average Bonchev–Trinajstić information content (AvgIpc) is 0.769. The molecule has 0 spiro atoms. The lowest BCUT2D eigenvalue weighted by Crippen LogP contribution is -2.67. The molecule has 1 heterocycles. The number of phosphoric ester groups is 1. The number of carbonyl (C=O) groups excluding carboxylic acids is 7. The van der Waals surface area contributed by atoms with Crippen LogP contribution in [0.2, 0.25) is 18.1 Å². The zero-order valence-electron chi connectivity index (χ0n) is 83.5. The van der Waals surface area contributed by atoms with Gasteiger partial charge in [-0.05, 0) is 92.6 Å². The van der Waals surface area contributed by atoms with Crippen LogP contribution in [-0.2, 0) is 109 Å². The van der Waals surface area contributed by atoms with Crippen molar-refractivity contribution < 1.29 is 89.3 Å². The molecule has 0 bridgehead atoms. The van der Waals surface area contributed by atoms with Crippen LogP contribution in [0.15, 0.2) is 91.0 Å². The van der Waals surface area contributed by atoms with Gasteiger partial charge in [0.15, 0.2) is 26.8 Å². The lowest BCUT2D eigenvalue weighted by molar-refractivity contribution is -0.272. The standard InChI is InChI=1S/C108H183N2O19PSi/c1-10-19-25-31-37-40-46-49-64-76-93(124-100(113)79-67-52-43-34-28-22-13-4)82-98(111)109-96(107(117)119-85-90-70-58-55-59-71-90)88-120-108-104(110-99(112)83-94(77-65-50-47-41-38-32-26-20-11-2)125-101(114)80-68-53-44-35-29-23-14-5)106(128-103(116)84-95(78-66-51-48-42-39-33-27-21-12-3)126-102(115)81-69-54-45-36-30-24-15-6)105(97(127-108)89-123-131(16-7,17-8)18-9)129-130(118,121-86-91-72-60-56-61-73-91)122-87-92-74-62-57-63-75-92/h55-63,70-75,93-97,104-106,108H,10-54,64-69,76-89H2,1-9H3,(H,109,111)(H,110,112)/t93-,94-,95-,96+,97-,104-,105-,106-,108-/m1/s1. The number of benzene rings is 3. The molecular formula is C108H183N2O19PSi. The van der Waals surface area contributed by atoms with Gasteiger partial charge in [0.1, 0.15) is 43.2 Å². The molecule has 4 rings (SSSR count). The summed E-state index contributed by atoms with van der Waals surface area (Å²) in [5.74, 6) is -4.29. The number of nitrogens with one attached hydrogen (secondary N) is 2. The Morgan fingerprint density at radius 2 is 0.695 bits per heavy atom. The maximum Gasteiger partial charge on any atom is 0.475 e. The van der Waals surface area contributed by atoms with Gasteiger partial charge in [0.05, 0.1) is 45.7 Å². The highest BCUT2D eigenvalue weighted by Gasteiger charge is 2.54. The third-order valence-electron chi connectivity index (χ3n) is 25.7. The summed E-state index contributed by atoms with van der Waals surface area (Å²) in [7, 11) is -7.64. The number of phosphoric acid groups is 1. The van der Waals surface area contributed by atoms with E-state index in [0.29, 0.717) is 92.6 Å². The molecule has 21 nitrogen and oxygen atoms in total. The number of amides is 2. The van der Waals surface area contributed by atoms with Crippen molar-refractivity contribution in [3.8, 4) is 0 Å². The van der Waals surface area contributed by atoms with Crippen molar-refractivity contribution in [2.24, 2.45) is 0 Å². The minimum atomic E-state index is -4.97. The molecular weight excluding hydrogens is 1690 g/mol. The van der Waals surface area contributed by atoms with E-state index < -0.39 is 126 Å². The number of ether oxygens (including phenoxy) is 7. The van der Waals surface area contributed by atoms with Gasteiger partial charge in [0, 0.05) is 19.3 Å². The molecule has 23 heteroatoms. The fourth-order valence-corrected chi connectivity index (χ4v) is 21.2. The first-order chi connectivity index (χ1) is 63.9. The van der Waals surface area contributed by atoms with Crippen molar-refractivity contribution >= 4 is 57.8 Å². The molecule has 2 amide bonds. The number of esters is 5. The van der Waals surface area contributed by atoms with Crippen LogP contribution in [0.1, 0.15) is 445 Å². The maximum absolute atomic E-state index is 16.4. The molecule has 748 valence electrons. The van der Waals surface area contributed by atoms with Crippen LogP contribution < -0.4 is 10.6 Å². The predicted octanol–water partition coefficient (Wildman–Crippen LogP) is 28.4. The summed E-state index contributed by atoms with van der Waals surface area (Å²) in [5.41, 5.74) is 1.92. The summed E-state index contributed by atoms with van der Waals surface area (Å²) in [6.07, 6.45) is 40.4. The molecule has 1 aliphatic heterocycles. The van der Waals surface area contributed by atoms with Crippen LogP contribution in [0.25, 0.3) is 0 Å². The third-order valence-corrected chi connectivity index (χ3v) is 31.7. The van der Waals surface area contributed by atoms with Gasteiger partial charge in [-0.2, -0.15) is 0 Å². The Hall–Kier alpha value is -5.84. The number of hydrogen-bond donors (Lipinski definition) is 2. The molecule has 3 aromatic rings. The van der Waals surface area contributed by atoms with Crippen LogP contribution in [0.4, 0.5) is 0 Å². The van der Waals surface area contributed by atoms with Crippen LogP contribution in [0.5, 0.6) is 0 Å². The Morgan fingerprint density at radius 3 is 1.05 bits per heavy atom. The average molecular weight is 1870 g/mol. The Morgan fingerprint density at radius 1 is 0.374 bits per heavy atom. The predicted molar refractivity (Wildman–Crippen MR) is 530 cm³/mol. The van der Waals surface area contributed by atoms with Crippen LogP contribution in [0, 0.1) is 0 Å². The van der Waals surface area contributed by atoms with Crippen LogP contribution in [0.3, 0.4) is 0 Å². The third kappa shape index (κ3) is 57.1. The summed E-state index contributed by atoms with van der Waals surface area (Å²) in [6.45, 7) is 17.7. The van der Waals surface area contributed by atoms with Crippen molar-refractivity contribution in [3.05, 3.63) is 108 Å². The number of unbranched alkanes of at least 4 members (excludes halogenated alkanes) is 42. The second-order valence-corrected chi connectivity index (χ2v) is 43.5. The Balaban J connectivity index is 2.05. The first kappa shape index (κ1) is 117. The molecule has 3 aromatic carbocycles. The Bertz CT molecular complexity index is 3340. The summed E-state index contributed by atoms with van der Waals surface area (Å²) < 4.78 is 90.1. The number of carbonyl (C=O) groups is 7. The number of rotatable bonds is 86. The Kier molecular flexibility index (Phi) is 69.2. The summed E-state index contributed by atoms with van der Waals surface area (Å²) in [6, 6.07) is 26.1. The van der Waals surface area contributed by atoms with Crippen molar-refractivity contribution in [2.45, 2.75) is 521 Å². The molecule has 2 N–H and O–H groups in total. The minimum Gasteiger partial charge on any atom is -0.462 e. The first-order valence-corrected chi connectivity index (χ1v) is 57.0. The van der Waals surface area contributed by atoms with Crippen molar-refractivity contribution in [1.82, 2.24) is 10.6 Å². The van der Waals surface area contributed by atoms with Crippen molar-refractivity contribution in [1.29, 1.82) is 0 Å². The minimum absolute atomic E-state index is 0.156. The topological polar surface area (TPSA) is 262 Å². The molecule has 1 saturated heterocycles. The number of hydrogen-bond acceptors (Lipinski definition) is 19. The second-order valence-electron chi connectivity index (χ2n) is 37.1. The van der Waals surface area contributed by atoms with Crippen LogP contribution in [-0.4, -0.2) is 118 Å². The van der Waals surface area contributed by atoms with E-state index in [4.69, 9.17) is 51.2 Å². The molecule has 0 unspecified atom stereocenters. The maximum atomic E-state index is 16.4. The normalized spacial score (nSPS) is 16.1. The van der Waals surface area contributed by atoms with E-state index >= 15 is 23.7 Å². The lowest BCUT2D eigenvalue weighted by Gasteiger charge is -2.47. The van der Waals surface area contributed by atoms with E-state index in [1.54, 1.807) is 0 Å².